The molecule has 20 heavy (non-hydrogen) atoms. The van der Waals surface area contributed by atoms with Crippen molar-refractivity contribution < 1.29 is 9.47 Å². The minimum Gasteiger partial charge on any atom is -0.496 e. The Morgan fingerprint density at radius 1 is 1.40 bits per heavy atom. The van der Waals surface area contributed by atoms with Crippen LogP contribution in [-0.4, -0.2) is 39.5 Å². The van der Waals surface area contributed by atoms with Gasteiger partial charge in [0.1, 0.15) is 5.75 Å². The SMILES string of the molecule is CNC(C)c1c(OC)cccc1N1CCOC(C)(C)C1. The molecule has 1 fully saturated rings. The van der Waals surface area contributed by atoms with E-state index >= 15 is 0 Å². The largest absolute Gasteiger partial charge is 0.496 e. The zero-order valence-electron chi connectivity index (χ0n) is 13.2. The molecule has 1 unspecified atom stereocenters. The maximum Gasteiger partial charge on any atom is 0.125 e. The summed E-state index contributed by atoms with van der Waals surface area (Å²) < 4.78 is 11.4. The number of morpholine rings is 1. The van der Waals surface area contributed by atoms with E-state index in [0.717, 1.165) is 25.4 Å². The van der Waals surface area contributed by atoms with Crippen LogP contribution in [0.3, 0.4) is 0 Å². The number of ether oxygens (including phenoxy) is 2. The number of rotatable bonds is 4. The maximum absolute atomic E-state index is 5.81. The van der Waals surface area contributed by atoms with E-state index in [1.54, 1.807) is 7.11 Å². The highest BCUT2D eigenvalue weighted by atomic mass is 16.5. The lowest BCUT2D eigenvalue weighted by Gasteiger charge is -2.40. The van der Waals surface area contributed by atoms with Crippen molar-refractivity contribution in [1.29, 1.82) is 0 Å². The molecule has 112 valence electrons. The summed E-state index contributed by atoms with van der Waals surface area (Å²) in [6, 6.07) is 6.50. The van der Waals surface area contributed by atoms with Crippen LogP contribution in [0, 0.1) is 0 Å². The second-order valence-electron chi connectivity index (χ2n) is 5.93. The number of benzene rings is 1. The van der Waals surface area contributed by atoms with Crippen LogP contribution in [0.5, 0.6) is 5.75 Å². The van der Waals surface area contributed by atoms with Crippen LogP contribution in [0.1, 0.15) is 32.4 Å². The predicted molar refractivity (Wildman–Crippen MR) is 82.7 cm³/mol. The highest BCUT2D eigenvalue weighted by Crippen LogP contribution is 2.36. The van der Waals surface area contributed by atoms with Crippen molar-refractivity contribution in [2.75, 3.05) is 38.8 Å². The lowest BCUT2D eigenvalue weighted by Crippen LogP contribution is -2.48. The monoisotopic (exact) mass is 278 g/mol. The molecule has 2 rings (SSSR count). The fourth-order valence-corrected chi connectivity index (χ4v) is 2.79. The lowest BCUT2D eigenvalue weighted by molar-refractivity contribution is -0.0277. The summed E-state index contributed by atoms with van der Waals surface area (Å²) in [6.07, 6.45) is 0. The van der Waals surface area contributed by atoms with Gasteiger partial charge in [0.05, 0.1) is 19.3 Å². The van der Waals surface area contributed by atoms with E-state index in [2.05, 4.69) is 43.1 Å². The molecule has 4 heteroatoms. The van der Waals surface area contributed by atoms with E-state index in [9.17, 15) is 0 Å². The quantitative estimate of drug-likeness (QED) is 0.918. The number of nitrogens with zero attached hydrogens (tertiary/aromatic N) is 1. The van der Waals surface area contributed by atoms with Gasteiger partial charge in [-0.1, -0.05) is 6.07 Å². The van der Waals surface area contributed by atoms with Gasteiger partial charge >= 0.3 is 0 Å². The Balaban J connectivity index is 2.40. The number of methoxy groups -OCH3 is 1. The fourth-order valence-electron chi connectivity index (χ4n) is 2.79. The molecule has 0 aromatic heterocycles. The van der Waals surface area contributed by atoms with Gasteiger partial charge in [-0.3, -0.25) is 0 Å². The van der Waals surface area contributed by atoms with Gasteiger partial charge in [0, 0.05) is 30.4 Å². The first-order chi connectivity index (χ1) is 9.48. The first kappa shape index (κ1) is 15.1. The molecule has 1 N–H and O–H groups in total. The van der Waals surface area contributed by atoms with Crippen molar-refractivity contribution in [3.63, 3.8) is 0 Å². The second kappa shape index (κ2) is 6.02. The van der Waals surface area contributed by atoms with Crippen LogP contribution < -0.4 is 15.0 Å². The third kappa shape index (κ3) is 3.07. The molecule has 4 nitrogen and oxygen atoms in total. The summed E-state index contributed by atoms with van der Waals surface area (Å²) in [4.78, 5) is 2.40. The lowest BCUT2D eigenvalue weighted by atomic mass is 10.0. The topological polar surface area (TPSA) is 33.7 Å². The smallest absolute Gasteiger partial charge is 0.125 e. The molecule has 0 radical (unpaired) electrons. The summed E-state index contributed by atoms with van der Waals surface area (Å²) in [6.45, 7) is 9.01. The van der Waals surface area contributed by atoms with Crippen molar-refractivity contribution in [1.82, 2.24) is 5.32 Å². The average Bonchev–Trinajstić information content (AvgIpc) is 2.44. The minimum atomic E-state index is -0.110. The molecule has 0 aliphatic carbocycles. The standard InChI is InChI=1S/C16H26N2O2/c1-12(17-4)15-13(7-6-8-14(15)19-5)18-9-10-20-16(2,3)11-18/h6-8,12,17H,9-11H2,1-5H3. The van der Waals surface area contributed by atoms with E-state index in [4.69, 9.17) is 9.47 Å². The van der Waals surface area contributed by atoms with Crippen LogP contribution in [0.15, 0.2) is 18.2 Å². The fraction of sp³-hybridized carbons (Fsp3) is 0.625. The van der Waals surface area contributed by atoms with Crippen molar-refractivity contribution in [2.24, 2.45) is 0 Å². The molecular formula is C16H26N2O2. The van der Waals surface area contributed by atoms with Crippen LogP contribution in [0.25, 0.3) is 0 Å². The summed E-state index contributed by atoms with van der Waals surface area (Å²) in [7, 11) is 3.71. The van der Waals surface area contributed by atoms with Gasteiger partial charge < -0.3 is 19.7 Å². The molecule has 1 aliphatic rings. The normalized spacial score (nSPS) is 19.8. The van der Waals surface area contributed by atoms with Crippen molar-refractivity contribution in [2.45, 2.75) is 32.4 Å². The van der Waals surface area contributed by atoms with Gasteiger partial charge in [-0.25, -0.2) is 0 Å². The van der Waals surface area contributed by atoms with Gasteiger partial charge in [0.2, 0.25) is 0 Å². The van der Waals surface area contributed by atoms with Crippen LogP contribution in [0.2, 0.25) is 0 Å². The number of nitrogens with one attached hydrogen (secondary N) is 1. The first-order valence-corrected chi connectivity index (χ1v) is 7.21. The van der Waals surface area contributed by atoms with Gasteiger partial charge in [-0.05, 0) is 40.0 Å². The molecule has 0 spiro atoms. The average molecular weight is 278 g/mol. The molecule has 0 amide bonds. The third-order valence-electron chi connectivity index (χ3n) is 3.90. The highest BCUT2D eigenvalue weighted by molar-refractivity contribution is 5.61. The highest BCUT2D eigenvalue weighted by Gasteiger charge is 2.29. The number of hydrogen-bond acceptors (Lipinski definition) is 4. The van der Waals surface area contributed by atoms with Crippen molar-refractivity contribution in [3.05, 3.63) is 23.8 Å². The van der Waals surface area contributed by atoms with Crippen molar-refractivity contribution in [3.8, 4) is 5.75 Å². The first-order valence-electron chi connectivity index (χ1n) is 7.21. The van der Waals surface area contributed by atoms with Gasteiger partial charge in [-0.2, -0.15) is 0 Å². The Kier molecular flexibility index (Phi) is 4.55. The van der Waals surface area contributed by atoms with E-state index in [-0.39, 0.29) is 11.6 Å². The molecule has 0 bridgehead atoms. The van der Waals surface area contributed by atoms with E-state index < -0.39 is 0 Å². The Hall–Kier alpha value is -1.26. The summed E-state index contributed by atoms with van der Waals surface area (Å²) >= 11 is 0. The Labute approximate surface area is 122 Å². The third-order valence-corrected chi connectivity index (χ3v) is 3.90. The summed E-state index contributed by atoms with van der Waals surface area (Å²) in [5.41, 5.74) is 2.35. The number of hydrogen-bond donors (Lipinski definition) is 1. The van der Waals surface area contributed by atoms with Gasteiger partial charge in [0.25, 0.3) is 0 Å². The van der Waals surface area contributed by atoms with Crippen LogP contribution >= 0.6 is 0 Å². The van der Waals surface area contributed by atoms with Gasteiger partial charge in [0.15, 0.2) is 0 Å². The summed E-state index contributed by atoms with van der Waals surface area (Å²) in [5, 5.41) is 3.32. The van der Waals surface area contributed by atoms with E-state index in [0.29, 0.717) is 0 Å². The molecule has 0 saturated carbocycles. The molecule has 1 atom stereocenters. The van der Waals surface area contributed by atoms with Crippen molar-refractivity contribution >= 4 is 5.69 Å². The van der Waals surface area contributed by atoms with Crippen LogP contribution in [-0.2, 0) is 4.74 Å². The predicted octanol–water partition coefficient (Wildman–Crippen LogP) is 2.59. The zero-order chi connectivity index (χ0) is 14.8. The molecule has 1 aromatic rings. The van der Waals surface area contributed by atoms with Gasteiger partial charge in [-0.15, -0.1) is 0 Å². The minimum absolute atomic E-state index is 0.110. The van der Waals surface area contributed by atoms with E-state index in [1.807, 2.05) is 13.1 Å². The molecule has 1 aliphatic heterocycles. The Morgan fingerprint density at radius 3 is 2.75 bits per heavy atom. The molecular weight excluding hydrogens is 252 g/mol. The number of anilines is 1. The molecule has 1 saturated heterocycles. The van der Waals surface area contributed by atoms with E-state index in [1.165, 1.54) is 11.3 Å². The maximum atomic E-state index is 5.81. The Morgan fingerprint density at radius 2 is 2.15 bits per heavy atom. The zero-order valence-corrected chi connectivity index (χ0v) is 13.2. The molecule has 1 heterocycles. The Bertz CT molecular complexity index is 460. The second-order valence-corrected chi connectivity index (χ2v) is 5.93. The molecule has 1 aromatic carbocycles. The van der Waals surface area contributed by atoms with Crippen LogP contribution in [0.4, 0.5) is 5.69 Å². The summed E-state index contributed by atoms with van der Waals surface area (Å²) in [5.74, 6) is 0.939.